The molecular formula is C14H16FN3. The topological polar surface area (TPSA) is 37.8 Å². The third-order valence-corrected chi connectivity index (χ3v) is 2.84. The lowest BCUT2D eigenvalue weighted by atomic mass is 9.97. The molecule has 1 N–H and O–H groups in total. The van der Waals surface area contributed by atoms with E-state index in [9.17, 15) is 4.39 Å². The van der Waals surface area contributed by atoms with E-state index in [-0.39, 0.29) is 11.9 Å². The smallest absolute Gasteiger partial charge is 0.141 e. The van der Waals surface area contributed by atoms with Crippen LogP contribution in [0.5, 0.6) is 0 Å². The Morgan fingerprint density at radius 2 is 2.11 bits per heavy atom. The highest BCUT2D eigenvalue weighted by Crippen LogP contribution is 2.24. The molecule has 0 amide bonds. The van der Waals surface area contributed by atoms with Crippen LogP contribution < -0.4 is 5.32 Å². The third-order valence-electron chi connectivity index (χ3n) is 2.84. The molecule has 2 heterocycles. The van der Waals surface area contributed by atoms with Crippen molar-refractivity contribution in [1.29, 1.82) is 0 Å². The molecule has 0 fully saturated rings. The zero-order chi connectivity index (χ0) is 13.0. The number of nitrogens with zero attached hydrogens (tertiary/aromatic N) is 2. The summed E-state index contributed by atoms with van der Waals surface area (Å²) < 4.78 is 13.3. The Kier molecular flexibility index (Phi) is 3.99. The highest BCUT2D eigenvalue weighted by atomic mass is 19.1. The number of hydrogen-bond acceptors (Lipinski definition) is 3. The number of aryl methyl sites for hydroxylation is 1. The summed E-state index contributed by atoms with van der Waals surface area (Å²) in [5.41, 5.74) is 3.00. The minimum Gasteiger partial charge on any atom is -0.306 e. The summed E-state index contributed by atoms with van der Waals surface area (Å²) in [6.07, 6.45) is 6.47. The summed E-state index contributed by atoms with van der Waals surface area (Å²) in [5.74, 6) is -0.317. The number of hydrogen-bond donors (Lipinski definition) is 1. The van der Waals surface area contributed by atoms with Crippen molar-refractivity contribution in [3.05, 3.63) is 59.4 Å². The van der Waals surface area contributed by atoms with Gasteiger partial charge in [0.2, 0.25) is 0 Å². The van der Waals surface area contributed by atoms with E-state index < -0.39 is 0 Å². The van der Waals surface area contributed by atoms with Gasteiger partial charge in [-0.2, -0.15) is 0 Å². The van der Waals surface area contributed by atoms with E-state index in [1.54, 1.807) is 12.4 Å². The molecule has 1 unspecified atom stereocenters. The first-order valence-corrected chi connectivity index (χ1v) is 5.96. The molecule has 2 aromatic heterocycles. The lowest BCUT2D eigenvalue weighted by Gasteiger charge is -2.20. The summed E-state index contributed by atoms with van der Waals surface area (Å²) in [6, 6.07) is 3.41. The average molecular weight is 245 g/mol. The molecule has 0 aliphatic heterocycles. The van der Waals surface area contributed by atoms with Crippen molar-refractivity contribution in [3.8, 4) is 0 Å². The molecule has 0 aliphatic carbocycles. The zero-order valence-corrected chi connectivity index (χ0v) is 10.5. The fourth-order valence-corrected chi connectivity index (χ4v) is 2.01. The maximum Gasteiger partial charge on any atom is 0.141 e. The number of nitrogens with one attached hydrogen (secondary N) is 1. The molecule has 94 valence electrons. The van der Waals surface area contributed by atoms with Crippen LogP contribution in [0.15, 0.2) is 36.9 Å². The number of halogens is 1. The zero-order valence-electron chi connectivity index (χ0n) is 10.5. The average Bonchev–Trinajstić information content (AvgIpc) is 2.37. The third kappa shape index (κ3) is 2.71. The van der Waals surface area contributed by atoms with Gasteiger partial charge in [0.1, 0.15) is 5.82 Å². The molecule has 3 nitrogen and oxygen atoms in total. The maximum absolute atomic E-state index is 13.3. The van der Waals surface area contributed by atoms with E-state index in [1.807, 2.05) is 26.1 Å². The standard InChI is InChI=1S/C14H16FN3/c1-3-18-14(11-6-12(15)9-17-8-11)13-4-5-16-7-10(13)2/h4-9,14,18H,3H2,1-2H3. The van der Waals surface area contributed by atoms with Crippen LogP contribution in [0.25, 0.3) is 0 Å². The first kappa shape index (κ1) is 12.6. The summed E-state index contributed by atoms with van der Waals surface area (Å²) in [5, 5.41) is 3.35. The van der Waals surface area contributed by atoms with Crippen LogP contribution >= 0.6 is 0 Å². The van der Waals surface area contributed by atoms with E-state index in [2.05, 4.69) is 15.3 Å². The van der Waals surface area contributed by atoms with Crippen molar-refractivity contribution in [2.24, 2.45) is 0 Å². The number of pyridine rings is 2. The molecule has 0 radical (unpaired) electrons. The highest BCUT2D eigenvalue weighted by Gasteiger charge is 2.15. The molecule has 0 bridgehead atoms. The molecule has 2 aromatic rings. The summed E-state index contributed by atoms with van der Waals surface area (Å²) in [6.45, 7) is 4.82. The summed E-state index contributed by atoms with van der Waals surface area (Å²) >= 11 is 0. The van der Waals surface area contributed by atoms with Crippen LogP contribution in [0.1, 0.15) is 29.7 Å². The molecule has 0 saturated heterocycles. The van der Waals surface area contributed by atoms with Gasteiger partial charge >= 0.3 is 0 Å². The van der Waals surface area contributed by atoms with Crippen molar-refractivity contribution < 1.29 is 4.39 Å². The normalized spacial score (nSPS) is 12.4. The first-order valence-electron chi connectivity index (χ1n) is 5.96. The van der Waals surface area contributed by atoms with E-state index in [4.69, 9.17) is 0 Å². The molecule has 4 heteroatoms. The van der Waals surface area contributed by atoms with Crippen molar-refractivity contribution >= 4 is 0 Å². The van der Waals surface area contributed by atoms with Crippen LogP contribution in [0.4, 0.5) is 4.39 Å². The van der Waals surface area contributed by atoms with Crippen molar-refractivity contribution in [2.45, 2.75) is 19.9 Å². The molecule has 1 atom stereocenters. The van der Waals surface area contributed by atoms with Crippen LogP contribution in [0.2, 0.25) is 0 Å². The van der Waals surface area contributed by atoms with Gasteiger partial charge in [0, 0.05) is 18.6 Å². The Morgan fingerprint density at radius 1 is 1.28 bits per heavy atom. The fraction of sp³-hybridized carbons (Fsp3) is 0.286. The quantitative estimate of drug-likeness (QED) is 0.899. The van der Waals surface area contributed by atoms with E-state index >= 15 is 0 Å². The van der Waals surface area contributed by atoms with Crippen molar-refractivity contribution in [2.75, 3.05) is 6.54 Å². The second kappa shape index (κ2) is 5.69. The van der Waals surface area contributed by atoms with Crippen molar-refractivity contribution in [1.82, 2.24) is 15.3 Å². The molecule has 0 spiro atoms. The van der Waals surface area contributed by atoms with E-state index in [0.717, 1.165) is 23.2 Å². The molecule has 18 heavy (non-hydrogen) atoms. The minimum atomic E-state index is -0.317. The predicted molar refractivity (Wildman–Crippen MR) is 68.7 cm³/mol. The monoisotopic (exact) mass is 245 g/mol. The fourth-order valence-electron chi connectivity index (χ4n) is 2.01. The minimum absolute atomic E-state index is 0.0544. The van der Waals surface area contributed by atoms with E-state index in [0.29, 0.717) is 0 Å². The van der Waals surface area contributed by atoms with Gasteiger partial charge in [0.25, 0.3) is 0 Å². The summed E-state index contributed by atoms with van der Waals surface area (Å²) in [7, 11) is 0. The van der Waals surface area contributed by atoms with Crippen molar-refractivity contribution in [3.63, 3.8) is 0 Å². The van der Waals surface area contributed by atoms with Gasteiger partial charge < -0.3 is 5.32 Å². The largest absolute Gasteiger partial charge is 0.306 e. The molecule has 0 aliphatic rings. The molecule has 0 saturated carbocycles. The second-order valence-electron chi connectivity index (χ2n) is 4.16. The molecule has 2 rings (SSSR count). The Labute approximate surface area is 106 Å². The Hall–Kier alpha value is -1.81. The van der Waals surface area contributed by atoms with Gasteiger partial charge in [-0.25, -0.2) is 4.39 Å². The SMILES string of the molecule is CCNC(c1cncc(F)c1)c1ccncc1C. The van der Waals surface area contributed by atoms with Crippen LogP contribution in [0, 0.1) is 12.7 Å². The Balaban J connectivity index is 2.43. The number of rotatable bonds is 4. The van der Waals surface area contributed by atoms with Gasteiger partial charge in [-0.1, -0.05) is 6.92 Å². The maximum atomic E-state index is 13.3. The Morgan fingerprint density at radius 3 is 2.78 bits per heavy atom. The lowest BCUT2D eigenvalue weighted by molar-refractivity contribution is 0.594. The van der Waals surface area contributed by atoms with Gasteiger partial charge in [0.15, 0.2) is 0 Å². The predicted octanol–water partition coefficient (Wildman–Crippen LogP) is 2.62. The van der Waals surface area contributed by atoms with Gasteiger partial charge in [-0.05, 0) is 42.3 Å². The first-order chi connectivity index (χ1) is 8.72. The Bertz CT molecular complexity index is 528. The van der Waals surface area contributed by atoms with Crippen LogP contribution in [0.3, 0.4) is 0 Å². The van der Waals surface area contributed by atoms with Crippen LogP contribution in [-0.2, 0) is 0 Å². The lowest BCUT2D eigenvalue weighted by Crippen LogP contribution is -2.23. The van der Waals surface area contributed by atoms with Crippen LogP contribution in [-0.4, -0.2) is 16.5 Å². The van der Waals surface area contributed by atoms with E-state index in [1.165, 1.54) is 12.3 Å². The molecular weight excluding hydrogens is 229 g/mol. The van der Waals surface area contributed by atoms with Gasteiger partial charge in [0.05, 0.1) is 12.2 Å². The summed E-state index contributed by atoms with van der Waals surface area (Å²) in [4.78, 5) is 7.99. The van der Waals surface area contributed by atoms with Gasteiger partial charge in [-0.3, -0.25) is 9.97 Å². The highest BCUT2D eigenvalue weighted by molar-refractivity contribution is 5.34. The van der Waals surface area contributed by atoms with Gasteiger partial charge in [-0.15, -0.1) is 0 Å². The second-order valence-corrected chi connectivity index (χ2v) is 4.16. The molecule has 0 aromatic carbocycles. The number of aromatic nitrogens is 2.